The fourth-order valence-corrected chi connectivity index (χ4v) is 2.01. The van der Waals surface area contributed by atoms with Crippen molar-refractivity contribution in [2.75, 3.05) is 0 Å². The van der Waals surface area contributed by atoms with Crippen LogP contribution < -0.4 is 5.43 Å². The Morgan fingerprint density at radius 1 is 1.40 bits per heavy atom. The zero-order valence-electron chi connectivity index (χ0n) is 10.9. The fraction of sp³-hybridized carbons (Fsp3) is 0.200. The maximum Gasteiger partial charge on any atom is 0.328 e. The summed E-state index contributed by atoms with van der Waals surface area (Å²) >= 11 is 0. The van der Waals surface area contributed by atoms with Gasteiger partial charge >= 0.3 is 5.97 Å². The normalized spacial score (nSPS) is 11.2. The molecule has 0 bridgehead atoms. The summed E-state index contributed by atoms with van der Waals surface area (Å²) in [7, 11) is 0. The van der Waals surface area contributed by atoms with Crippen LogP contribution >= 0.6 is 0 Å². The molecule has 0 spiro atoms. The van der Waals surface area contributed by atoms with Gasteiger partial charge in [-0.2, -0.15) is 0 Å². The average molecular weight is 274 g/mol. The summed E-state index contributed by atoms with van der Waals surface area (Å²) in [4.78, 5) is 22.5. The number of benzene rings is 1. The van der Waals surface area contributed by atoms with Crippen molar-refractivity contribution < 1.29 is 19.4 Å². The highest BCUT2D eigenvalue weighted by molar-refractivity contribution is 5.86. The number of aliphatic carboxylic acids is 1. The van der Waals surface area contributed by atoms with Crippen molar-refractivity contribution in [3.8, 4) is 5.75 Å². The Morgan fingerprint density at radius 2 is 2.15 bits per heavy atom. The Bertz CT molecular complexity index is 740. The molecule has 0 saturated carbocycles. The summed E-state index contributed by atoms with van der Waals surface area (Å²) in [6, 6.07) is 4.20. The molecule has 0 radical (unpaired) electrons. The van der Waals surface area contributed by atoms with E-state index < -0.39 is 5.97 Å². The van der Waals surface area contributed by atoms with E-state index in [4.69, 9.17) is 9.52 Å². The molecule has 5 heteroatoms. The molecule has 20 heavy (non-hydrogen) atoms. The summed E-state index contributed by atoms with van der Waals surface area (Å²) in [5.74, 6) is -0.910. The minimum absolute atomic E-state index is 0.0712. The highest BCUT2D eigenvalue weighted by Crippen LogP contribution is 2.27. The van der Waals surface area contributed by atoms with Gasteiger partial charge in [0.15, 0.2) is 5.43 Å². The largest absolute Gasteiger partial charge is 0.508 e. The first-order valence-corrected chi connectivity index (χ1v) is 6.22. The van der Waals surface area contributed by atoms with Crippen molar-refractivity contribution >= 4 is 23.0 Å². The van der Waals surface area contributed by atoms with Crippen molar-refractivity contribution in [2.45, 2.75) is 19.8 Å². The zero-order valence-corrected chi connectivity index (χ0v) is 10.9. The molecule has 0 aliphatic heterocycles. The number of aryl methyl sites for hydroxylation is 1. The van der Waals surface area contributed by atoms with Crippen LogP contribution in [0.2, 0.25) is 0 Å². The monoisotopic (exact) mass is 274 g/mol. The third kappa shape index (κ3) is 2.71. The number of hydrogen-bond acceptors (Lipinski definition) is 4. The third-order valence-electron chi connectivity index (χ3n) is 2.88. The van der Waals surface area contributed by atoms with Gasteiger partial charge in [0.2, 0.25) is 0 Å². The summed E-state index contributed by atoms with van der Waals surface area (Å²) < 4.78 is 5.55. The van der Waals surface area contributed by atoms with Crippen LogP contribution in [0.1, 0.15) is 24.7 Å². The molecule has 0 amide bonds. The van der Waals surface area contributed by atoms with Crippen LogP contribution in [0.15, 0.2) is 33.5 Å². The number of aromatic hydroxyl groups is 1. The highest BCUT2D eigenvalue weighted by atomic mass is 16.4. The van der Waals surface area contributed by atoms with E-state index in [2.05, 4.69) is 0 Å². The molecule has 0 aliphatic rings. The van der Waals surface area contributed by atoms with Crippen LogP contribution in [-0.2, 0) is 11.2 Å². The van der Waals surface area contributed by atoms with Crippen LogP contribution in [0, 0.1) is 0 Å². The summed E-state index contributed by atoms with van der Waals surface area (Å²) in [6.45, 7) is 1.95. The molecule has 1 heterocycles. The summed E-state index contributed by atoms with van der Waals surface area (Å²) in [5.41, 5.74) is 0.603. The molecule has 1 aromatic heterocycles. The zero-order chi connectivity index (χ0) is 14.7. The topological polar surface area (TPSA) is 87.7 Å². The van der Waals surface area contributed by atoms with Crippen molar-refractivity contribution in [3.63, 3.8) is 0 Å². The van der Waals surface area contributed by atoms with Crippen molar-refractivity contribution in [3.05, 3.63) is 45.8 Å². The maximum absolute atomic E-state index is 12.0. The van der Waals surface area contributed by atoms with E-state index in [9.17, 15) is 14.7 Å². The predicted octanol–water partition coefficient (Wildman–Crippen LogP) is 2.55. The van der Waals surface area contributed by atoms with Gasteiger partial charge in [-0.25, -0.2) is 4.79 Å². The Balaban J connectivity index is 2.70. The van der Waals surface area contributed by atoms with E-state index in [1.807, 2.05) is 6.92 Å². The Morgan fingerprint density at radius 3 is 2.80 bits per heavy atom. The summed E-state index contributed by atoms with van der Waals surface area (Å²) in [6.07, 6.45) is 3.46. The third-order valence-corrected chi connectivity index (χ3v) is 2.88. The van der Waals surface area contributed by atoms with Crippen molar-refractivity contribution in [1.82, 2.24) is 0 Å². The molecule has 0 fully saturated rings. The number of carboxylic acids is 1. The first-order valence-electron chi connectivity index (χ1n) is 6.22. The van der Waals surface area contributed by atoms with Gasteiger partial charge in [0.25, 0.3) is 0 Å². The molecule has 2 N–H and O–H groups in total. The second-order valence-electron chi connectivity index (χ2n) is 4.37. The second kappa shape index (κ2) is 5.61. The molecule has 1 aromatic carbocycles. The number of phenolic OH excluding ortho intramolecular Hbond substituents is 1. The lowest BCUT2D eigenvalue weighted by Gasteiger charge is -2.07. The smallest absolute Gasteiger partial charge is 0.328 e. The first kappa shape index (κ1) is 13.9. The lowest BCUT2D eigenvalue weighted by atomic mass is 10.0. The molecule has 104 valence electrons. The van der Waals surface area contributed by atoms with E-state index in [0.29, 0.717) is 23.0 Å². The van der Waals surface area contributed by atoms with Crippen molar-refractivity contribution in [1.29, 1.82) is 0 Å². The number of carboxylic acid groups (broad SMARTS) is 1. The van der Waals surface area contributed by atoms with Crippen molar-refractivity contribution in [2.24, 2.45) is 0 Å². The molecule has 0 saturated heterocycles. The molecule has 2 aromatic rings. The summed E-state index contributed by atoms with van der Waals surface area (Å²) in [5, 5.41) is 18.8. The van der Waals surface area contributed by atoms with Crippen LogP contribution in [-0.4, -0.2) is 16.2 Å². The lowest BCUT2D eigenvalue weighted by molar-refractivity contribution is -0.131. The van der Waals surface area contributed by atoms with E-state index >= 15 is 0 Å². The van der Waals surface area contributed by atoms with E-state index in [-0.39, 0.29) is 16.9 Å². The minimum atomic E-state index is -1.13. The lowest BCUT2D eigenvalue weighted by Crippen LogP contribution is -2.02. The molecule has 0 aliphatic carbocycles. The fourth-order valence-electron chi connectivity index (χ4n) is 2.01. The number of fused-ring (bicyclic) bond motifs is 1. The van der Waals surface area contributed by atoms with Crippen LogP contribution in [0.25, 0.3) is 17.0 Å². The highest BCUT2D eigenvalue weighted by Gasteiger charge is 2.12. The van der Waals surface area contributed by atoms with Gasteiger partial charge in [0, 0.05) is 17.7 Å². The van der Waals surface area contributed by atoms with Crippen LogP contribution in [0.3, 0.4) is 0 Å². The van der Waals surface area contributed by atoms with E-state index in [1.165, 1.54) is 24.3 Å². The minimum Gasteiger partial charge on any atom is -0.508 e. The molecule has 2 rings (SSSR count). The number of phenols is 1. The Hall–Kier alpha value is -2.56. The molecular weight excluding hydrogens is 260 g/mol. The SMILES string of the molecule is CCCc1c(O)ccc2c(=O)cc(C=CC(=O)O)oc12. The van der Waals surface area contributed by atoms with Gasteiger partial charge in [0.1, 0.15) is 17.1 Å². The molecule has 0 atom stereocenters. The number of hydrogen-bond donors (Lipinski definition) is 2. The van der Waals surface area contributed by atoms with Gasteiger partial charge in [-0.1, -0.05) is 13.3 Å². The van der Waals surface area contributed by atoms with Crippen LogP contribution in [0.5, 0.6) is 5.75 Å². The van der Waals surface area contributed by atoms with Gasteiger partial charge in [-0.3, -0.25) is 4.79 Å². The standard InChI is InChI=1S/C15H14O5/c1-2-3-10-12(16)6-5-11-13(17)8-9(20-15(10)11)4-7-14(18)19/h4-8,16H,2-3H2,1H3,(H,18,19). The van der Waals surface area contributed by atoms with Crippen LogP contribution in [0.4, 0.5) is 0 Å². The number of carbonyl (C=O) groups is 1. The van der Waals surface area contributed by atoms with E-state index in [0.717, 1.165) is 12.5 Å². The number of rotatable bonds is 4. The molecule has 5 nitrogen and oxygen atoms in total. The first-order chi connectivity index (χ1) is 9.52. The average Bonchev–Trinajstić information content (AvgIpc) is 2.40. The maximum atomic E-state index is 12.0. The molecular formula is C15H14O5. The quantitative estimate of drug-likeness (QED) is 0.836. The van der Waals surface area contributed by atoms with Gasteiger partial charge in [-0.15, -0.1) is 0 Å². The van der Waals surface area contributed by atoms with Gasteiger partial charge in [0.05, 0.1) is 5.39 Å². The Kier molecular flexibility index (Phi) is 3.89. The second-order valence-corrected chi connectivity index (χ2v) is 4.37. The van der Waals surface area contributed by atoms with E-state index in [1.54, 1.807) is 0 Å². The predicted molar refractivity (Wildman–Crippen MR) is 74.8 cm³/mol. The molecule has 0 unspecified atom stereocenters. The van der Waals surface area contributed by atoms with Gasteiger partial charge in [-0.05, 0) is 24.6 Å². The Labute approximate surface area is 114 Å². The van der Waals surface area contributed by atoms with Gasteiger partial charge < -0.3 is 14.6 Å².